The standard InChI is InChI=1S/C24H19F2N7O3S/c1-2-9-37(35,36)31-19-8-7-18(25)20(21(19)26)22(34)17-12-28-24-16(17)10-15(11-27-24)13-3-5-14(6-4-13)23-29-32-33-30-23/h3-8,10-12,31H,2,9H2,1H3,(H,27,28)(H,29,30,32,33). The van der Waals surface area contributed by atoms with Gasteiger partial charge in [-0.05, 0) is 35.4 Å². The predicted octanol–water partition coefficient (Wildman–Crippen LogP) is 4.07. The summed E-state index contributed by atoms with van der Waals surface area (Å²) in [5.74, 6) is -3.18. The monoisotopic (exact) mass is 523 g/mol. The van der Waals surface area contributed by atoms with E-state index in [-0.39, 0.29) is 11.3 Å². The molecule has 0 aliphatic carbocycles. The van der Waals surface area contributed by atoms with E-state index in [2.05, 4.69) is 35.3 Å². The first-order chi connectivity index (χ1) is 17.8. The van der Waals surface area contributed by atoms with Gasteiger partial charge in [-0.2, -0.15) is 5.21 Å². The van der Waals surface area contributed by atoms with Crippen LogP contribution in [0.15, 0.2) is 54.9 Å². The molecule has 10 nitrogen and oxygen atoms in total. The molecule has 13 heteroatoms. The maximum atomic E-state index is 15.2. The zero-order chi connectivity index (χ0) is 26.2. The van der Waals surface area contributed by atoms with Crippen LogP contribution in [0.4, 0.5) is 14.5 Å². The molecule has 3 heterocycles. The second-order valence-electron chi connectivity index (χ2n) is 8.17. The van der Waals surface area contributed by atoms with Crippen LogP contribution in [0.5, 0.6) is 0 Å². The van der Waals surface area contributed by atoms with Gasteiger partial charge in [0.1, 0.15) is 11.5 Å². The van der Waals surface area contributed by atoms with Gasteiger partial charge in [-0.25, -0.2) is 22.2 Å². The highest BCUT2D eigenvalue weighted by Crippen LogP contribution is 2.30. The number of nitrogens with one attached hydrogen (secondary N) is 3. The SMILES string of the molecule is CCCS(=O)(=O)Nc1ccc(F)c(C(=O)c2c[nH]c3ncc(-c4ccc(-c5nn[nH]n5)cc4)cc23)c1F. The average Bonchev–Trinajstić information content (AvgIpc) is 3.56. The van der Waals surface area contributed by atoms with Gasteiger partial charge in [0, 0.05) is 34.5 Å². The van der Waals surface area contributed by atoms with E-state index in [1.807, 2.05) is 12.1 Å². The number of H-pyrrole nitrogens is 2. The Kier molecular flexibility index (Phi) is 6.21. The van der Waals surface area contributed by atoms with Crippen molar-refractivity contribution in [1.29, 1.82) is 0 Å². The fourth-order valence-corrected chi connectivity index (χ4v) is 5.04. The minimum Gasteiger partial charge on any atom is -0.345 e. The van der Waals surface area contributed by atoms with Gasteiger partial charge in [-0.15, -0.1) is 10.2 Å². The number of benzene rings is 2. The van der Waals surface area contributed by atoms with Gasteiger partial charge in [0.2, 0.25) is 21.6 Å². The lowest BCUT2D eigenvalue weighted by atomic mass is 9.99. The Bertz CT molecular complexity index is 1720. The lowest BCUT2D eigenvalue weighted by molar-refractivity contribution is 0.103. The van der Waals surface area contributed by atoms with E-state index in [9.17, 15) is 17.6 Å². The third-order valence-electron chi connectivity index (χ3n) is 5.65. The number of aromatic amines is 2. The molecule has 3 aromatic heterocycles. The Balaban J connectivity index is 1.52. The number of tetrazole rings is 1. The van der Waals surface area contributed by atoms with E-state index in [1.165, 1.54) is 6.20 Å². The summed E-state index contributed by atoms with van der Waals surface area (Å²) in [6.07, 6.45) is 3.21. The number of ketones is 1. The first kappa shape index (κ1) is 24.2. The number of hydrogen-bond acceptors (Lipinski definition) is 7. The minimum atomic E-state index is -3.86. The number of sulfonamides is 1. The summed E-state index contributed by atoms with van der Waals surface area (Å²) in [5.41, 5.74) is 1.12. The number of carbonyl (C=O) groups excluding carboxylic acids is 1. The van der Waals surface area contributed by atoms with Crippen LogP contribution in [0, 0.1) is 11.6 Å². The largest absolute Gasteiger partial charge is 0.345 e. The Morgan fingerprint density at radius 1 is 1.05 bits per heavy atom. The molecule has 0 bridgehead atoms. The van der Waals surface area contributed by atoms with Gasteiger partial charge in [0.05, 0.1) is 17.0 Å². The molecule has 0 radical (unpaired) electrons. The number of pyridine rings is 1. The molecule has 0 spiro atoms. The Morgan fingerprint density at radius 2 is 1.81 bits per heavy atom. The van der Waals surface area contributed by atoms with Crippen LogP contribution >= 0.6 is 0 Å². The van der Waals surface area contributed by atoms with E-state index >= 15 is 4.39 Å². The summed E-state index contributed by atoms with van der Waals surface area (Å²) < 4.78 is 56.2. The third-order valence-corrected chi connectivity index (χ3v) is 7.13. The van der Waals surface area contributed by atoms with Crippen LogP contribution in [0.2, 0.25) is 0 Å². The highest BCUT2D eigenvalue weighted by Gasteiger charge is 2.26. The molecule has 0 unspecified atom stereocenters. The molecule has 2 aromatic carbocycles. The molecule has 0 aliphatic heterocycles. The van der Waals surface area contributed by atoms with Gasteiger partial charge in [-0.3, -0.25) is 9.52 Å². The molecule has 0 fully saturated rings. The molecule has 0 atom stereocenters. The summed E-state index contributed by atoms with van der Waals surface area (Å²) in [7, 11) is -3.86. The number of fused-ring (bicyclic) bond motifs is 1. The average molecular weight is 524 g/mol. The second-order valence-corrected chi connectivity index (χ2v) is 10.0. The van der Waals surface area contributed by atoms with E-state index in [1.54, 1.807) is 31.3 Å². The Hall–Kier alpha value is -4.52. The van der Waals surface area contributed by atoms with Crippen LogP contribution in [0.3, 0.4) is 0 Å². The van der Waals surface area contributed by atoms with Crippen LogP contribution in [0.1, 0.15) is 29.3 Å². The van der Waals surface area contributed by atoms with Crippen molar-refractivity contribution in [3.63, 3.8) is 0 Å². The van der Waals surface area contributed by atoms with Gasteiger partial charge in [0.25, 0.3) is 0 Å². The maximum absolute atomic E-state index is 15.2. The summed E-state index contributed by atoms with van der Waals surface area (Å²) in [5, 5.41) is 14.1. The molecule has 0 aliphatic rings. The minimum absolute atomic E-state index is 0.0147. The molecule has 5 aromatic rings. The summed E-state index contributed by atoms with van der Waals surface area (Å²) in [4.78, 5) is 20.5. The van der Waals surface area contributed by atoms with E-state index in [0.29, 0.717) is 28.8 Å². The number of halogens is 2. The quantitative estimate of drug-likeness (QED) is 0.260. The Morgan fingerprint density at radius 3 is 2.51 bits per heavy atom. The number of anilines is 1. The van der Waals surface area contributed by atoms with Gasteiger partial charge < -0.3 is 4.98 Å². The number of aromatic nitrogens is 6. The molecule has 5 rings (SSSR count). The lowest BCUT2D eigenvalue weighted by Crippen LogP contribution is -2.18. The first-order valence-electron chi connectivity index (χ1n) is 11.1. The van der Waals surface area contributed by atoms with Crippen molar-refractivity contribution < 1.29 is 22.0 Å². The lowest BCUT2D eigenvalue weighted by Gasteiger charge is -2.11. The van der Waals surface area contributed by atoms with Crippen LogP contribution in [-0.4, -0.2) is 50.5 Å². The highest BCUT2D eigenvalue weighted by molar-refractivity contribution is 7.92. The highest BCUT2D eigenvalue weighted by atomic mass is 32.2. The normalized spacial score (nSPS) is 11.6. The van der Waals surface area contributed by atoms with Crippen LogP contribution < -0.4 is 4.72 Å². The van der Waals surface area contributed by atoms with Crippen LogP contribution in [0.25, 0.3) is 33.5 Å². The van der Waals surface area contributed by atoms with Crippen molar-refractivity contribution in [2.75, 3.05) is 10.5 Å². The summed E-state index contributed by atoms with van der Waals surface area (Å²) in [6, 6.07) is 10.7. The molecular weight excluding hydrogens is 504 g/mol. The molecule has 0 amide bonds. The zero-order valence-corrected chi connectivity index (χ0v) is 20.1. The third kappa shape index (κ3) is 4.68. The first-order valence-corrected chi connectivity index (χ1v) is 12.8. The number of carbonyl (C=O) groups is 1. The smallest absolute Gasteiger partial charge is 0.232 e. The molecule has 0 saturated heterocycles. The van der Waals surface area contributed by atoms with E-state index < -0.39 is 38.7 Å². The zero-order valence-electron chi connectivity index (χ0n) is 19.3. The summed E-state index contributed by atoms with van der Waals surface area (Å²) in [6.45, 7) is 1.65. The number of rotatable bonds is 8. The topological polar surface area (TPSA) is 146 Å². The molecule has 37 heavy (non-hydrogen) atoms. The van der Waals surface area contributed by atoms with E-state index in [0.717, 1.165) is 23.3 Å². The van der Waals surface area contributed by atoms with Crippen LogP contribution in [-0.2, 0) is 10.0 Å². The van der Waals surface area contributed by atoms with Gasteiger partial charge in [0.15, 0.2) is 5.82 Å². The fraction of sp³-hybridized carbons (Fsp3) is 0.125. The van der Waals surface area contributed by atoms with Gasteiger partial charge in [-0.1, -0.05) is 31.2 Å². The molecule has 3 N–H and O–H groups in total. The molecular formula is C24H19F2N7O3S. The van der Waals surface area contributed by atoms with Crippen molar-refractivity contribution in [1.82, 2.24) is 30.6 Å². The van der Waals surface area contributed by atoms with Crippen molar-refractivity contribution in [2.24, 2.45) is 0 Å². The van der Waals surface area contributed by atoms with Crippen molar-refractivity contribution in [3.8, 4) is 22.5 Å². The maximum Gasteiger partial charge on any atom is 0.232 e. The second kappa shape index (κ2) is 9.50. The number of nitrogens with zero attached hydrogens (tertiary/aromatic N) is 4. The fourth-order valence-electron chi connectivity index (χ4n) is 3.91. The Labute approximate surface area is 209 Å². The van der Waals surface area contributed by atoms with E-state index in [4.69, 9.17) is 0 Å². The van der Waals surface area contributed by atoms with Gasteiger partial charge >= 0.3 is 0 Å². The molecule has 0 saturated carbocycles. The predicted molar refractivity (Wildman–Crippen MR) is 132 cm³/mol. The van der Waals surface area contributed by atoms with Crippen molar-refractivity contribution >= 4 is 32.5 Å². The summed E-state index contributed by atoms with van der Waals surface area (Å²) >= 11 is 0. The molecule has 188 valence electrons. The van der Waals surface area contributed by atoms with Crippen molar-refractivity contribution in [3.05, 3.63) is 77.6 Å². The number of hydrogen-bond donors (Lipinski definition) is 3. The van der Waals surface area contributed by atoms with Crippen molar-refractivity contribution in [2.45, 2.75) is 13.3 Å².